The molecule has 0 spiro atoms. The van der Waals surface area contributed by atoms with E-state index in [-0.39, 0.29) is 5.92 Å². The second-order valence-electron chi connectivity index (χ2n) is 6.19. The first kappa shape index (κ1) is 19.7. The first-order valence-electron chi connectivity index (χ1n) is 8.26. The van der Waals surface area contributed by atoms with Crippen LogP contribution >= 0.6 is 11.6 Å². The van der Waals surface area contributed by atoms with Crippen LogP contribution in [0.2, 0.25) is 0 Å². The summed E-state index contributed by atoms with van der Waals surface area (Å²) in [6.45, 7) is 6.28. The molecule has 0 saturated heterocycles. The highest BCUT2D eigenvalue weighted by molar-refractivity contribution is 7.89. The lowest BCUT2D eigenvalue weighted by atomic mass is 9.90. The Kier molecular flexibility index (Phi) is 7.24. The Labute approximate surface area is 155 Å². The van der Waals surface area contributed by atoms with E-state index in [0.717, 1.165) is 17.6 Å². The Balaban J connectivity index is 2.02. The molecule has 2 aromatic carbocycles. The van der Waals surface area contributed by atoms with E-state index in [1.54, 1.807) is 24.3 Å². The van der Waals surface area contributed by atoms with E-state index in [1.807, 2.05) is 25.1 Å². The first-order chi connectivity index (χ1) is 11.9. The van der Waals surface area contributed by atoms with Crippen molar-refractivity contribution in [2.45, 2.75) is 30.6 Å². The Morgan fingerprint density at radius 3 is 2.36 bits per heavy atom. The normalized spacial score (nSPS) is 12.7. The lowest BCUT2D eigenvalue weighted by Crippen LogP contribution is -2.26. The third-order valence-corrected chi connectivity index (χ3v) is 5.97. The minimum absolute atomic E-state index is 0.188. The number of aryl methyl sites for hydroxylation is 1. The largest absolute Gasteiger partial charge is 0.240 e. The fraction of sp³-hybridized carbons (Fsp3) is 0.300. The lowest BCUT2D eigenvalue weighted by Gasteiger charge is -2.18. The monoisotopic (exact) mass is 377 g/mol. The number of halogens is 1. The van der Waals surface area contributed by atoms with Gasteiger partial charge in [-0.1, -0.05) is 60.2 Å². The number of nitrogens with one attached hydrogen (secondary N) is 1. The number of hydrogen-bond donors (Lipinski definition) is 1. The van der Waals surface area contributed by atoms with Gasteiger partial charge in [0.25, 0.3) is 0 Å². The van der Waals surface area contributed by atoms with Crippen molar-refractivity contribution in [3.05, 3.63) is 77.9 Å². The molecule has 0 saturated carbocycles. The van der Waals surface area contributed by atoms with Crippen molar-refractivity contribution in [2.24, 2.45) is 0 Å². The van der Waals surface area contributed by atoms with Gasteiger partial charge in [-0.05, 0) is 43.4 Å². The van der Waals surface area contributed by atoms with E-state index < -0.39 is 10.0 Å². The van der Waals surface area contributed by atoms with Crippen LogP contribution in [0, 0.1) is 6.92 Å². The highest BCUT2D eigenvalue weighted by Crippen LogP contribution is 2.26. The number of hydrogen-bond acceptors (Lipinski definition) is 2. The second kappa shape index (κ2) is 9.18. The summed E-state index contributed by atoms with van der Waals surface area (Å²) >= 11 is 5.87. The van der Waals surface area contributed by atoms with Crippen molar-refractivity contribution in [3.8, 4) is 0 Å². The lowest BCUT2D eigenvalue weighted by molar-refractivity contribution is 0.564. The molecule has 1 N–H and O–H groups in total. The molecule has 0 bridgehead atoms. The molecule has 1 unspecified atom stereocenters. The molecular weight excluding hydrogens is 354 g/mol. The summed E-state index contributed by atoms with van der Waals surface area (Å²) in [4.78, 5) is 0.291. The molecule has 0 aliphatic rings. The predicted molar refractivity (Wildman–Crippen MR) is 105 cm³/mol. The number of rotatable bonds is 9. The average Bonchev–Trinajstić information content (AvgIpc) is 2.61. The van der Waals surface area contributed by atoms with Gasteiger partial charge in [-0.2, -0.15) is 0 Å². The zero-order valence-electron chi connectivity index (χ0n) is 14.4. The van der Waals surface area contributed by atoms with Crippen LogP contribution in [0.3, 0.4) is 0 Å². The van der Waals surface area contributed by atoms with Crippen LogP contribution in [-0.2, 0) is 10.0 Å². The predicted octanol–water partition coefficient (Wildman–Crippen LogP) is 4.63. The van der Waals surface area contributed by atoms with Crippen molar-refractivity contribution < 1.29 is 8.42 Å². The van der Waals surface area contributed by atoms with Gasteiger partial charge in [0.1, 0.15) is 0 Å². The smallest absolute Gasteiger partial charge is 0.211 e. The molecule has 0 radical (unpaired) electrons. The minimum Gasteiger partial charge on any atom is -0.211 e. The SMILES string of the molecule is C=C(CCl)CC(CCNS(=O)(=O)c1ccc(C)cc1)c1ccccc1. The van der Waals surface area contributed by atoms with Gasteiger partial charge in [-0.3, -0.25) is 0 Å². The van der Waals surface area contributed by atoms with E-state index in [4.69, 9.17) is 11.6 Å². The van der Waals surface area contributed by atoms with E-state index in [9.17, 15) is 8.42 Å². The van der Waals surface area contributed by atoms with Crippen molar-refractivity contribution >= 4 is 21.6 Å². The Hall–Kier alpha value is -1.62. The van der Waals surface area contributed by atoms with E-state index >= 15 is 0 Å². The molecule has 0 aliphatic carbocycles. The quantitative estimate of drug-likeness (QED) is 0.511. The highest BCUT2D eigenvalue weighted by Gasteiger charge is 2.16. The molecule has 0 heterocycles. The maximum Gasteiger partial charge on any atom is 0.240 e. The fourth-order valence-electron chi connectivity index (χ4n) is 2.68. The van der Waals surface area contributed by atoms with E-state index in [2.05, 4.69) is 23.4 Å². The number of alkyl halides is 1. The van der Waals surface area contributed by atoms with Gasteiger partial charge in [0.2, 0.25) is 10.0 Å². The van der Waals surface area contributed by atoms with Gasteiger partial charge in [-0.15, -0.1) is 11.6 Å². The van der Waals surface area contributed by atoms with Crippen molar-refractivity contribution in [3.63, 3.8) is 0 Å². The molecule has 2 aromatic rings. The van der Waals surface area contributed by atoms with Gasteiger partial charge in [0.15, 0.2) is 0 Å². The van der Waals surface area contributed by atoms with Gasteiger partial charge < -0.3 is 0 Å². The van der Waals surface area contributed by atoms with Crippen LogP contribution in [0.1, 0.15) is 29.9 Å². The number of allylic oxidation sites excluding steroid dienone is 1. The van der Waals surface area contributed by atoms with Crippen molar-refractivity contribution in [1.82, 2.24) is 4.72 Å². The third kappa shape index (κ3) is 5.99. The summed E-state index contributed by atoms with van der Waals surface area (Å²) in [5.41, 5.74) is 3.16. The van der Waals surface area contributed by atoms with Crippen LogP contribution in [-0.4, -0.2) is 20.8 Å². The van der Waals surface area contributed by atoms with Gasteiger partial charge in [-0.25, -0.2) is 13.1 Å². The summed E-state index contributed by atoms with van der Waals surface area (Å²) in [5.74, 6) is 0.603. The van der Waals surface area contributed by atoms with Crippen LogP contribution in [0.5, 0.6) is 0 Å². The minimum atomic E-state index is -3.49. The summed E-state index contributed by atoms with van der Waals surface area (Å²) in [5, 5.41) is 0. The molecule has 3 nitrogen and oxygen atoms in total. The molecule has 1 atom stereocenters. The maximum atomic E-state index is 12.4. The van der Waals surface area contributed by atoms with Gasteiger partial charge >= 0.3 is 0 Å². The van der Waals surface area contributed by atoms with Gasteiger partial charge in [0, 0.05) is 12.4 Å². The van der Waals surface area contributed by atoms with Crippen LogP contribution < -0.4 is 4.72 Å². The maximum absolute atomic E-state index is 12.4. The van der Waals surface area contributed by atoms with Crippen molar-refractivity contribution in [2.75, 3.05) is 12.4 Å². The molecule has 0 aromatic heterocycles. The average molecular weight is 378 g/mol. The van der Waals surface area contributed by atoms with Gasteiger partial charge in [0.05, 0.1) is 4.90 Å². The number of sulfonamides is 1. The van der Waals surface area contributed by atoms with Crippen LogP contribution in [0.4, 0.5) is 0 Å². The third-order valence-electron chi connectivity index (χ3n) is 4.11. The topological polar surface area (TPSA) is 46.2 Å². The summed E-state index contributed by atoms with van der Waals surface area (Å²) < 4.78 is 27.5. The zero-order valence-corrected chi connectivity index (χ0v) is 16.0. The molecular formula is C20H24ClNO2S. The Morgan fingerprint density at radius 1 is 1.12 bits per heavy atom. The second-order valence-corrected chi connectivity index (χ2v) is 8.23. The molecule has 0 fully saturated rings. The first-order valence-corrected chi connectivity index (χ1v) is 10.3. The summed E-state index contributed by atoms with van der Waals surface area (Å²) in [6, 6.07) is 16.9. The summed E-state index contributed by atoms with van der Waals surface area (Å²) in [6.07, 6.45) is 1.44. The molecule has 0 aliphatic heterocycles. The standard InChI is InChI=1S/C20H24ClNO2S/c1-16-8-10-20(11-9-16)25(23,24)22-13-12-19(14-17(2)15-21)18-6-4-3-5-7-18/h3-11,19,22H,2,12-15H2,1H3. The number of benzene rings is 2. The molecule has 5 heteroatoms. The molecule has 2 rings (SSSR count). The van der Waals surface area contributed by atoms with E-state index in [0.29, 0.717) is 23.7 Å². The molecule has 25 heavy (non-hydrogen) atoms. The summed E-state index contributed by atoms with van der Waals surface area (Å²) in [7, 11) is -3.49. The fourth-order valence-corrected chi connectivity index (χ4v) is 3.84. The Morgan fingerprint density at radius 2 is 1.76 bits per heavy atom. The molecule has 134 valence electrons. The molecule has 0 amide bonds. The van der Waals surface area contributed by atoms with Crippen molar-refractivity contribution in [1.29, 1.82) is 0 Å². The zero-order chi connectivity index (χ0) is 18.3. The van der Waals surface area contributed by atoms with Crippen LogP contribution in [0.25, 0.3) is 0 Å². The van der Waals surface area contributed by atoms with Crippen LogP contribution in [0.15, 0.2) is 71.6 Å². The Bertz CT molecular complexity index is 786. The van der Waals surface area contributed by atoms with E-state index in [1.165, 1.54) is 5.56 Å². The highest BCUT2D eigenvalue weighted by atomic mass is 35.5.